The Morgan fingerprint density at radius 1 is 1.11 bits per heavy atom. The van der Waals surface area contributed by atoms with Crippen molar-refractivity contribution in [1.29, 1.82) is 0 Å². The van der Waals surface area contributed by atoms with Crippen molar-refractivity contribution >= 4 is 16.9 Å². The second-order valence-corrected chi connectivity index (χ2v) is 6.33. The second-order valence-electron chi connectivity index (χ2n) is 6.33. The number of carbonyl (C=O) groups is 1. The zero-order valence-corrected chi connectivity index (χ0v) is 15.1. The summed E-state index contributed by atoms with van der Waals surface area (Å²) in [5, 5.41) is 0.813. The first kappa shape index (κ1) is 19.9. The molecule has 0 aliphatic rings. The number of carbonyl (C=O) groups excluding carboxylic acids is 1. The van der Waals surface area contributed by atoms with Gasteiger partial charge in [0.2, 0.25) is 0 Å². The van der Waals surface area contributed by atoms with Gasteiger partial charge in [-0.25, -0.2) is 4.79 Å². The van der Waals surface area contributed by atoms with Crippen molar-refractivity contribution in [2.75, 3.05) is 7.11 Å². The standard InChI is InChI=1S/C20H19F3N2O3/c1-27-28-19(26)17(24)10-14-12-25(18-9-5-3-7-15(14)18)11-13-6-2-4-8-16(13)20(21,22)23/h2-9,12,17H,10-11,24H2,1H3/t17-/m0/s1. The average Bonchev–Trinajstić information content (AvgIpc) is 2.99. The summed E-state index contributed by atoms with van der Waals surface area (Å²) >= 11 is 0. The molecule has 0 saturated heterocycles. The van der Waals surface area contributed by atoms with E-state index in [4.69, 9.17) is 5.73 Å². The van der Waals surface area contributed by atoms with E-state index in [-0.39, 0.29) is 18.5 Å². The predicted molar refractivity (Wildman–Crippen MR) is 97.3 cm³/mol. The Morgan fingerprint density at radius 2 is 1.79 bits per heavy atom. The third-order valence-corrected chi connectivity index (χ3v) is 4.44. The third kappa shape index (κ3) is 4.18. The van der Waals surface area contributed by atoms with Gasteiger partial charge >= 0.3 is 12.1 Å². The minimum Gasteiger partial charge on any atom is -0.343 e. The van der Waals surface area contributed by atoms with E-state index < -0.39 is 23.8 Å². The van der Waals surface area contributed by atoms with Gasteiger partial charge in [-0.05, 0) is 23.3 Å². The second kappa shape index (κ2) is 8.04. The average molecular weight is 392 g/mol. The number of hydrogen-bond acceptors (Lipinski definition) is 4. The number of halogens is 3. The maximum absolute atomic E-state index is 13.3. The van der Waals surface area contributed by atoms with Crippen LogP contribution >= 0.6 is 0 Å². The highest BCUT2D eigenvalue weighted by molar-refractivity contribution is 5.85. The smallest absolute Gasteiger partial charge is 0.343 e. The molecule has 2 N–H and O–H groups in total. The topological polar surface area (TPSA) is 66.5 Å². The Balaban J connectivity index is 1.97. The van der Waals surface area contributed by atoms with Crippen LogP contribution in [0.4, 0.5) is 13.2 Å². The highest BCUT2D eigenvalue weighted by Gasteiger charge is 2.33. The van der Waals surface area contributed by atoms with Crippen LogP contribution in [0.1, 0.15) is 16.7 Å². The fraction of sp³-hybridized carbons (Fsp3) is 0.250. The molecule has 3 aromatic rings. The van der Waals surface area contributed by atoms with Crippen LogP contribution in [0.25, 0.3) is 10.9 Å². The van der Waals surface area contributed by atoms with E-state index in [1.165, 1.54) is 19.2 Å². The lowest BCUT2D eigenvalue weighted by Gasteiger charge is -2.13. The SMILES string of the molecule is COOC(=O)[C@@H](N)Cc1cn(Cc2ccccc2C(F)(F)F)c2ccccc12. The van der Waals surface area contributed by atoms with Gasteiger partial charge in [0, 0.05) is 30.1 Å². The van der Waals surface area contributed by atoms with Gasteiger partial charge in [-0.1, -0.05) is 36.4 Å². The molecule has 0 spiro atoms. The van der Waals surface area contributed by atoms with Crippen LogP contribution in [0.2, 0.25) is 0 Å². The number of hydrogen-bond donors (Lipinski definition) is 1. The maximum atomic E-state index is 13.3. The van der Waals surface area contributed by atoms with E-state index >= 15 is 0 Å². The summed E-state index contributed by atoms with van der Waals surface area (Å²) in [5.41, 5.74) is 6.83. The van der Waals surface area contributed by atoms with Gasteiger partial charge in [0.25, 0.3) is 0 Å². The van der Waals surface area contributed by atoms with Crippen molar-refractivity contribution in [3.05, 3.63) is 71.4 Å². The number of benzene rings is 2. The van der Waals surface area contributed by atoms with E-state index in [9.17, 15) is 18.0 Å². The molecular weight excluding hydrogens is 373 g/mol. The molecule has 1 aromatic heterocycles. The van der Waals surface area contributed by atoms with Crippen LogP contribution in [-0.4, -0.2) is 23.7 Å². The first-order valence-corrected chi connectivity index (χ1v) is 8.53. The molecule has 5 nitrogen and oxygen atoms in total. The molecule has 0 radical (unpaired) electrons. The Hall–Kier alpha value is -2.84. The molecule has 28 heavy (non-hydrogen) atoms. The van der Waals surface area contributed by atoms with Gasteiger partial charge in [-0.2, -0.15) is 18.1 Å². The largest absolute Gasteiger partial charge is 0.416 e. The van der Waals surface area contributed by atoms with Crippen LogP contribution in [0.15, 0.2) is 54.7 Å². The molecule has 3 rings (SSSR count). The van der Waals surface area contributed by atoms with Gasteiger partial charge in [0.05, 0.1) is 12.7 Å². The Morgan fingerprint density at radius 3 is 2.50 bits per heavy atom. The minimum atomic E-state index is -4.44. The van der Waals surface area contributed by atoms with E-state index in [1.54, 1.807) is 22.9 Å². The molecular formula is C20H19F3N2O3. The number of para-hydroxylation sites is 1. The monoisotopic (exact) mass is 392 g/mol. The summed E-state index contributed by atoms with van der Waals surface area (Å²) in [6.45, 7) is 0.0357. The Bertz CT molecular complexity index is 982. The number of nitrogens with zero attached hydrogens (tertiary/aromatic N) is 1. The molecule has 0 fully saturated rings. The van der Waals surface area contributed by atoms with Crippen molar-refractivity contribution < 1.29 is 27.7 Å². The van der Waals surface area contributed by atoms with Gasteiger partial charge in [0.15, 0.2) is 0 Å². The molecule has 1 heterocycles. The summed E-state index contributed by atoms with van der Waals surface area (Å²) in [6, 6.07) is 11.8. The van der Waals surface area contributed by atoms with Crippen LogP contribution in [-0.2, 0) is 33.7 Å². The summed E-state index contributed by atoms with van der Waals surface area (Å²) in [5.74, 6) is -0.721. The van der Waals surface area contributed by atoms with Crippen molar-refractivity contribution in [3.63, 3.8) is 0 Å². The highest BCUT2D eigenvalue weighted by atomic mass is 19.4. The van der Waals surface area contributed by atoms with E-state index in [2.05, 4.69) is 9.78 Å². The molecule has 0 aliphatic carbocycles. The van der Waals surface area contributed by atoms with E-state index in [0.717, 1.165) is 22.5 Å². The van der Waals surface area contributed by atoms with Crippen molar-refractivity contribution in [2.24, 2.45) is 5.73 Å². The Kier molecular flexibility index (Phi) is 5.71. The Labute approximate surface area is 159 Å². The highest BCUT2D eigenvalue weighted by Crippen LogP contribution is 2.33. The zero-order chi connectivity index (χ0) is 20.3. The summed E-state index contributed by atoms with van der Waals surface area (Å²) in [4.78, 5) is 20.5. The molecule has 0 amide bonds. The van der Waals surface area contributed by atoms with Crippen LogP contribution in [0.5, 0.6) is 0 Å². The van der Waals surface area contributed by atoms with Gasteiger partial charge < -0.3 is 10.3 Å². The van der Waals surface area contributed by atoms with E-state index in [1.807, 2.05) is 18.2 Å². The third-order valence-electron chi connectivity index (χ3n) is 4.44. The molecule has 0 saturated carbocycles. The molecule has 0 bridgehead atoms. The normalized spacial score (nSPS) is 12.9. The van der Waals surface area contributed by atoms with Gasteiger partial charge in [-0.15, -0.1) is 0 Å². The maximum Gasteiger partial charge on any atom is 0.416 e. The molecule has 148 valence electrons. The number of nitrogens with two attached hydrogens (primary N) is 1. The first-order chi connectivity index (χ1) is 13.3. The molecule has 1 atom stereocenters. The number of rotatable bonds is 6. The van der Waals surface area contributed by atoms with Crippen LogP contribution in [0, 0.1) is 0 Å². The minimum absolute atomic E-state index is 0.0357. The van der Waals surface area contributed by atoms with Crippen molar-refractivity contribution in [3.8, 4) is 0 Å². The van der Waals surface area contributed by atoms with Crippen molar-refractivity contribution in [1.82, 2.24) is 4.57 Å². The van der Waals surface area contributed by atoms with Crippen molar-refractivity contribution in [2.45, 2.75) is 25.2 Å². The predicted octanol–water partition coefficient (Wildman–Crippen LogP) is 3.68. The molecule has 2 aromatic carbocycles. The summed E-state index contributed by atoms with van der Waals surface area (Å²) in [6.07, 6.45) is -2.55. The quantitative estimate of drug-likeness (QED) is 0.513. The molecule has 0 aliphatic heterocycles. The fourth-order valence-electron chi connectivity index (χ4n) is 3.20. The van der Waals surface area contributed by atoms with Crippen LogP contribution in [0.3, 0.4) is 0 Å². The molecule has 8 heteroatoms. The van der Waals surface area contributed by atoms with Gasteiger partial charge in [0.1, 0.15) is 6.04 Å². The van der Waals surface area contributed by atoms with E-state index in [0.29, 0.717) is 0 Å². The zero-order valence-electron chi connectivity index (χ0n) is 15.1. The number of fused-ring (bicyclic) bond motifs is 1. The van der Waals surface area contributed by atoms with Gasteiger partial charge in [-0.3, -0.25) is 4.89 Å². The summed E-state index contributed by atoms with van der Waals surface area (Å²) in [7, 11) is 1.20. The van der Waals surface area contributed by atoms with Crippen LogP contribution < -0.4 is 5.73 Å². The number of aromatic nitrogens is 1. The lowest BCUT2D eigenvalue weighted by atomic mass is 10.1. The lowest BCUT2D eigenvalue weighted by Crippen LogP contribution is -2.34. The molecule has 0 unspecified atom stereocenters. The fourth-order valence-corrected chi connectivity index (χ4v) is 3.20. The number of alkyl halides is 3. The lowest BCUT2D eigenvalue weighted by molar-refractivity contribution is -0.256. The first-order valence-electron chi connectivity index (χ1n) is 8.53. The summed E-state index contributed by atoms with van der Waals surface area (Å²) < 4.78 is 41.7.